The van der Waals surface area contributed by atoms with E-state index in [4.69, 9.17) is 0 Å². The molecule has 0 bridgehead atoms. The van der Waals surface area contributed by atoms with Crippen molar-refractivity contribution in [3.63, 3.8) is 0 Å². The van der Waals surface area contributed by atoms with E-state index in [1.165, 1.54) is 0 Å². The number of amides is 1. The summed E-state index contributed by atoms with van der Waals surface area (Å²) in [5, 5.41) is 7.39. The number of aromatic nitrogens is 2. The Bertz CT molecular complexity index is 585. The number of nitrogens with one attached hydrogen (secondary N) is 1. The quantitative estimate of drug-likeness (QED) is 0.819. The summed E-state index contributed by atoms with van der Waals surface area (Å²) in [6.07, 6.45) is 1.59. The number of likely N-dealkylation sites (tertiary alicyclic amines) is 1. The predicted molar refractivity (Wildman–Crippen MR) is 56.9 cm³/mol. The van der Waals surface area contributed by atoms with Crippen molar-refractivity contribution in [1.29, 1.82) is 0 Å². The van der Waals surface area contributed by atoms with Gasteiger partial charge in [-0.15, -0.1) is 0 Å². The molecule has 0 radical (unpaired) electrons. The molecule has 1 N–H and O–H groups in total. The monoisotopic (exact) mass is 237 g/mol. The molecule has 17 heavy (non-hydrogen) atoms. The Kier molecular flexibility index (Phi) is 1.95. The maximum atomic E-state index is 12.7. The third-order valence-electron chi connectivity index (χ3n) is 2.82. The van der Waals surface area contributed by atoms with Gasteiger partial charge in [0.25, 0.3) is 11.8 Å². The van der Waals surface area contributed by atoms with Crippen LogP contribution in [0.15, 0.2) is 24.4 Å². The topological polar surface area (TPSA) is 49.0 Å². The fraction of sp³-hybridized carbons (Fsp3) is 0.273. The summed E-state index contributed by atoms with van der Waals surface area (Å²) in [5.41, 5.74) is 1.23. The molecule has 1 aliphatic heterocycles. The summed E-state index contributed by atoms with van der Waals surface area (Å²) in [6, 6.07) is 4.98. The van der Waals surface area contributed by atoms with Gasteiger partial charge in [0, 0.05) is 10.9 Å². The van der Waals surface area contributed by atoms with Gasteiger partial charge in [-0.3, -0.25) is 9.89 Å². The van der Waals surface area contributed by atoms with E-state index in [1.807, 2.05) is 0 Å². The molecule has 1 amide bonds. The molecule has 1 aliphatic rings. The lowest BCUT2D eigenvalue weighted by Crippen LogP contribution is -2.58. The average molecular weight is 237 g/mol. The highest BCUT2D eigenvalue weighted by atomic mass is 19.3. The number of carbonyl (C=O) groups excluding carboxylic acids is 1. The van der Waals surface area contributed by atoms with Crippen LogP contribution in [0.25, 0.3) is 10.9 Å². The highest BCUT2D eigenvalue weighted by Crippen LogP contribution is 2.28. The van der Waals surface area contributed by atoms with Crippen molar-refractivity contribution in [2.45, 2.75) is 5.92 Å². The Morgan fingerprint density at radius 2 is 2.18 bits per heavy atom. The van der Waals surface area contributed by atoms with Gasteiger partial charge in [0.2, 0.25) is 0 Å². The lowest BCUT2D eigenvalue weighted by Gasteiger charge is -2.38. The zero-order chi connectivity index (χ0) is 12.0. The van der Waals surface area contributed by atoms with Gasteiger partial charge in [0.15, 0.2) is 0 Å². The van der Waals surface area contributed by atoms with Crippen LogP contribution in [-0.4, -0.2) is 40.0 Å². The highest BCUT2D eigenvalue weighted by Gasteiger charge is 2.46. The van der Waals surface area contributed by atoms with Gasteiger partial charge in [-0.1, -0.05) is 0 Å². The number of fused-ring (bicyclic) bond motifs is 1. The molecule has 1 fully saturated rings. The smallest absolute Gasteiger partial charge is 0.282 e. The van der Waals surface area contributed by atoms with Gasteiger partial charge < -0.3 is 4.90 Å². The molecule has 0 saturated carbocycles. The number of rotatable bonds is 1. The first-order valence-electron chi connectivity index (χ1n) is 5.15. The van der Waals surface area contributed by atoms with Crippen LogP contribution >= 0.6 is 0 Å². The highest BCUT2D eigenvalue weighted by molar-refractivity contribution is 5.98. The number of H-pyrrole nitrogens is 1. The van der Waals surface area contributed by atoms with E-state index in [2.05, 4.69) is 10.2 Å². The molecular formula is C11H9F2N3O. The summed E-state index contributed by atoms with van der Waals surface area (Å²) in [5.74, 6) is -3.09. The number of aromatic amines is 1. The van der Waals surface area contributed by atoms with Gasteiger partial charge in [-0.05, 0) is 18.2 Å². The van der Waals surface area contributed by atoms with Gasteiger partial charge in [0.05, 0.1) is 24.8 Å². The summed E-state index contributed by atoms with van der Waals surface area (Å²) >= 11 is 0. The lowest BCUT2D eigenvalue weighted by atomic mass is 10.1. The van der Waals surface area contributed by atoms with Crippen molar-refractivity contribution in [3.05, 3.63) is 30.0 Å². The minimum absolute atomic E-state index is 0.362. The molecule has 2 heterocycles. The summed E-state index contributed by atoms with van der Waals surface area (Å²) in [6.45, 7) is -0.982. The zero-order valence-corrected chi connectivity index (χ0v) is 8.78. The molecule has 0 atom stereocenters. The van der Waals surface area contributed by atoms with Crippen molar-refractivity contribution >= 4 is 16.8 Å². The Hall–Kier alpha value is -1.98. The van der Waals surface area contributed by atoms with Crippen LogP contribution in [0.1, 0.15) is 10.4 Å². The molecule has 0 unspecified atom stereocenters. The molecule has 2 aromatic rings. The van der Waals surface area contributed by atoms with E-state index in [0.717, 1.165) is 15.8 Å². The molecule has 6 heteroatoms. The van der Waals surface area contributed by atoms with E-state index >= 15 is 0 Å². The Labute approximate surface area is 95.2 Å². The summed E-state index contributed by atoms with van der Waals surface area (Å²) < 4.78 is 25.3. The second-order valence-corrected chi connectivity index (χ2v) is 4.19. The van der Waals surface area contributed by atoms with Crippen molar-refractivity contribution < 1.29 is 13.6 Å². The van der Waals surface area contributed by atoms with Crippen LogP contribution in [-0.2, 0) is 0 Å². The van der Waals surface area contributed by atoms with Crippen LogP contribution in [0.2, 0.25) is 0 Å². The van der Waals surface area contributed by atoms with Gasteiger partial charge in [0.1, 0.15) is 0 Å². The van der Waals surface area contributed by atoms with Crippen molar-refractivity contribution in [2.75, 3.05) is 13.1 Å². The van der Waals surface area contributed by atoms with Crippen LogP contribution in [0.4, 0.5) is 8.78 Å². The molecule has 1 saturated heterocycles. The number of carbonyl (C=O) groups is 1. The molecule has 0 spiro atoms. The maximum absolute atomic E-state index is 12.7. The third kappa shape index (κ3) is 1.65. The molecule has 1 aromatic carbocycles. The SMILES string of the molecule is O=C(c1ccc2[nH]ncc2c1)N1CC(F)(F)C1. The van der Waals surface area contributed by atoms with E-state index in [1.54, 1.807) is 24.4 Å². The van der Waals surface area contributed by atoms with Gasteiger partial charge >= 0.3 is 0 Å². The van der Waals surface area contributed by atoms with Crippen molar-refractivity contribution in [1.82, 2.24) is 15.1 Å². The van der Waals surface area contributed by atoms with Crippen LogP contribution in [0.3, 0.4) is 0 Å². The Morgan fingerprint density at radius 1 is 1.41 bits per heavy atom. The fourth-order valence-corrected chi connectivity index (χ4v) is 1.91. The Morgan fingerprint density at radius 3 is 2.88 bits per heavy atom. The number of hydrogen-bond acceptors (Lipinski definition) is 2. The van der Waals surface area contributed by atoms with Crippen molar-refractivity contribution in [3.8, 4) is 0 Å². The number of halogens is 2. The molecule has 3 rings (SSSR count). The third-order valence-corrected chi connectivity index (χ3v) is 2.82. The van der Waals surface area contributed by atoms with Crippen LogP contribution < -0.4 is 0 Å². The first-order chi connectivity index (χ1) is 8.05. The molecule has 0 aliphatic carbocycles. The number of hydrogen-bond donors (Lipinski definition) is 1. The number of nitrogens with zero attached hydrogens (tertiary/aromatic N) is 2. The maximum Gasteiger partial charge on any atom is 0.282 e. The molecule has 88 valence electrons. The van der Waals surface area contributed by atoms with Crippen molar-refractivity contribution in [2.24, 2.45) is 0 Å². The second-order valence-electron chi connectivity index (χ2n) is 4.19. The minimum Gasteiger partial charge on any atom is -0.326 e. The second kappa shape index (κ2) is 3.26. The van der Waals surface area contributed by atoms with Crippen LogP contribution in [0, 0.1) is 0 Å². The van der Waals surface area contributed by atoms with E-state index in [-0.39, 0.29) is 5.91 Å². The standard InChI is InChI=1S/C11H9F2N3O/c12-11(13)5-16(6-11)10(17)7-1-2-9-8(3-7)4-14-15-9/h1-4H,5-6H2,(H,14,15). The first-order valence-corrected chi connectivity index (χ1v) is 5.15. The molecular weight excluding hydrogens is 228 g/mol. The number of alkyl halides is 2. The lowest BCUT2D eigenvalue weighted by molar-refractivity contribution is -0.113. The fourth-order valence-electron chi connectivity index (χ4n) is 1.91. The van der Waals surface area contributed by atoms with Gasteiger partial charge in [-0.2, -0.15) is 5.10 Å². The summed E-state index contributed by atoms with van der Waals surface area (Å²) in [7, 11) is 0. The normalized spacial score (nSPS) is 18.1. The Balaban J connectivity index is 1.86. The van der Waals surface area contributed by atoms with E-state index in [0.29, 0.717) is 5.56 Å². The number of benzene rings is 1. The van der Waals surface area contributed by atoms with E-state index < -0.39 is 19.0 Å². The van der Waals surface area contributed by atoms with Gasteiger partial charge in [-0.25, -0.2) is 8.78 Å². The predicted octanol–water partition coefficient (Wildman–Crippen LogP) is 1.65. The van der Waals surface area contributed by atoms with E-state index in [9.17, 15) is 13.6 Å². The summed E-state index contributed by atoms with van der Waals surface area (Å²) in [4.78, 5) is 13.0. The molecule has 1 aromatic heterocycles. The average Bonchev–Trinajstić information content (AvgIpc) is 2.71. The zero-order valence-electron chi connectivity index (χ0n) is 8.78. The minimum atomic E-state index is -2.73. The van der Waals surface area contributed by atoms with Crippen LogP contribution in [0.5, 0.6) is 0 Å². The largest absolute Gasteiger partial charge is 0.326 e. The first kappa shape index (κ1) is 10.2. The molecule has 4 nitrogen and oxygen atoms in total.